The van der Waals surface area contributed by atoms with E-state index in [2.05, 4.69) is 0 Å². The summed E-state index contributed by atoms with van der Waals surface area (Å²) in [6, 6.07) is 11.5. The molecule has 21 heavy (non-hydrogen) atoms. The molecule has 102 valence electrons. The van der Waals surface area contributed by atoms with Crippen LogP contribution in [0.4, 0.5) is 5.69 Å². The van der Waals surface area contributed by atoms with Crippen molar-refractivity contribution in [2.24, 2.45) is 0 Å². The van der Waals surface area contributed by atoms with E-state index in [1.807, 2.05) is 0 Å². The van der Waals surface area contributed by atoms with Crippen molar-refractivity contribution in [1.82, 2.24) is 0 Å². The number of amides is 2. The molecule has 0 unspecified atom stereocenters. The number of nitriles is 1. The Labute approximate surface area is 121 Å². The first-order valence-corrected chi connectivity index (χ1v) is 6.28. The molecule has 2 amide bonds. The summed E-state index contributed by atoms with van der Waals surface area (Å²) in [5.41, 5.74) is 1.93. The molecule has 0 N–H and O–H groups in total. The van der Waals surface area contributed by atoms with E-state index in [1.54, 1.807) is 55.6 Å². The monoisotopic (exact) mass is 278 g/mol. The maximum absolute atomic E-state index is 12.4. The minimum atomic E-state index is -0.344. The van der Waals surface area contributed by atoms with Crippen LogP contribution in [-0.2, 0) is 0 Å². The van der Waals surface area contributed by atoms with E-state index in [4.69, 9.17) is 10.00 Å². The lowest BCUT2D eigenvalue weighted by Gasteiger charge is -2.15. The van der Waals surface area contributed by atoms with E-state index in [9.17, 15) is 9.59 Å². The number of anilines is 1. The van der Waals surface area contributed by atoms with Crippen LogP contribution in [-0.4, -0.2) is 11.8 Å². The average Bonchev–Trinajstić information content (AvgIpc) is 2.74. The fraction of sp³-hybridized carbons (Fsp3) is 0.0625. The molecule has 3 rings (SSSR count). The molecule has 0 spiro atoms. The lowest BCUT2D eigenvalue weighted by Crippen LogP contribution is -2.29. The van der Waals surface area contributed by atoms with Gasteiger partial charge in [0.15, 0.2) is 0 Å². The Bertz CT molecular complexity index is 770. The molecule has 0 saturated carbocycles. The second-order valence-corrected chi connectivity index (χ2v) is 4.63. The molecule has 0 radical (unpaired) electrons. The van der Waals surface area contributed by atoms with Gasteiger partial charge in [-0.3, -0.25) is 9.59 Å². The Hall–Kier alpha value is -3.13. The number of benzene rings is 2. The maximum Gasteiger partial charge on any atom is 0.292 e. The molecule has 1 heterocycles. The van der Waals surface area contributed by atoms with Crippen LogP contribution in [0.25, 0.3) is 0 Å². The van der Waals surface area contributed by atoms with Crippen LogP contribution in [0.5, 0.6) is 5.75 Å². The smallest absolute Gasteiger partial charge is 0.292 e. The van der Waals surface area contributed by atoms with Crippen molar-refractivity contribution in [3.8, 4) is 12.0 Å². The molecule has 0 saturated heterocycles. The summed E-state index contributed by atoms with van der Waals surface area (Å²) in [6.07, 6.45) is 1.60. The predicted octanol–water partition coefficient (Wildman–Crippen LogP) is 2.66. The second kappa shape index (κ2) is 4.76. The van der Waals surface area contributed by atoms with Crippen molar-refractivity contribution in [3.05, 3.63) is 59.2 Å². The zero-order chi connectivity index (χ0) is 15.0. The van der Waals surface area contributed by atoms with E-state index in [-0.39, 0.29) is 11.8 Å². The highest BCUT2D eigenvalue weighted by atomic mass is 16.5. The zero-order valence-corrected chi connectivity index (χ0v) is 11.2. The summed E-state index contributed by atoms with van der Waals surface area (Å²) in [4.78, 5) is 25.8. The Kier molecular flexibility index (Phi) is 2.92. The molecule has 0 aliphatic carbocycles. The number of fused-ring (bicyclic) bond motifs is 1. The van der Waals surface area contributed by atoms with Gasteiger partial charge in [-0.05, 0) is 42.8 Å². The highest BCUT2D eigenvalue weighted by Gasteiger charge is 2.36. The van der Waals surface area contributed by atoms with E-state index in [1.165, 1.54) is 0 Å². The van der Waals surface area contributed by atoms with E-state index in [0.29, 0.717) is 28.1 Å². The first-order chi connectivity index (χ1) is 10.1. The van der Waals surface area contributed by atoms with Crippen molar-refractivity contribution in [1.29, 1.82) is 5.26 Å². The van der Waals surface area contributed by atoms with Gasteiger partial charge in [0.1, 0.15) is 5.75 Å². The van der Waals surface area contributed by atoms with E-state index < -0.39 is 0 Å². The van der Waals surface area contributed by atoms with Crippen molar-refractivity contribution < 1.29 is 14.3 Å². The number of aryl methyl sites for hydroxylation is 1. The maximum atomic E-state index is 12.4. The fourth-order valence-corrected chi connectivity index (χ4v) is 2.36. The van der Waals surface area contributed by atoms with Gasteiger partial charge in [-0.1, -0.05) is 12.1 Å². The first-order valence-electron chi connectivity index (χ1n) is 6.28. The third kappa shape index (κ3) is 1.94. The van der Waals surface area contributed by atoms with Gasteiger partial charge < -0.3 is 4.74 Å². The highest BCUT2D eigenvalue weighted by molar-refractivity contribution is 6.34. The van der Waals surface area contributed by atoms with E-state index in [0.717, 1.165) is 4.90 Å². The number of carbonyl (C=O) groups is 2. The molecule has 1 aliphatic rings. The number of nitrogens with zero attached hydrogens (tertiary/aromatic N) is 2. The third-order valence-corrected chi connectivity index (χ3v) is 3.37. The number of ether oxygens (including phenoxy) is 1. The van der Waals surface area contributed by atoms with Crippen LogP contribution in [0.3, 0.4) is 0 Å². The standard InChI is InChI=1S/C16H10N2O3/c1-10-8-11(6-7-14(10)21-9-17)18-15(19)12-4-2-3-5-13(12)16(18)20/h2-8H,1H3. The molecule has 5 heteroatoms. The van der Waals surface area contributed by atoms with Crippen molar-refractivity contribution >= 4 is 17.5 Å². The van der Waals surface area contributed by atoms with Gasteiger partial charge in [-0.25, -0.2) is 4.90 Å². The van der Waals surface area contributed by atoms with Crippen molar-refractivity contribution in [2.75, 3.05) is 4.90 Å². The second-order valence-electron chi connectivity index (χ2n) is 4.63. The summed E-state index contributed by atoms with van der Waals surface area (Å²) in [5.74, 6) is -0.286. The van der Waals surface area contributed by atoms with Crippen molar-refractivity contribution in [3.63, 3.8) is 0 Å². The van der Waals surface area contributed by atoms with Crippen molar-refractivity contribution in [2.45, 2.75) is 6.92 Å². The van der Waals surface area contributed by atoms with Gasteiger partial charge in [-0.15, -0.1) is 5.26 Å². The molecule has 0 fully saturated rings. The summed E-state index contributed by atoms with van der Waals surface area (Å²) in [5, 5.41) is 8.54. The molecule has 2 aromatic carbocycles. The van der Waals surface area contributed by atoms with Crippen LogP contribution >= 0.6 is 0 Å². The van der Waals surface area contributed by atoms with Gasteiger partial charge in [0.05, 0.1) is 16.8 Å². The Morgan fingerprint density at radius 1 is 1.05 bits per heavy atom. The number of imide groups is 1. The molecular formula is C16H10N2O3. The number of rotatable bonds is 2. The van der Waals surface area contributed by atoms with Gasteiger partial charge in [0.2, 0.25) is 0 Å². The van der Waals surface area contributed by atoms with Crippen LogP contribution < -0.4 is 9.64 Å². The highest BCUT2D eigenvalue weighted by Crippen LogP contribution is 2.31. The molecular weight excluding hydrogens is 268 g/mol. The SMILES string of the molecule is Cc1cc(N2C(=O)c3ccccc3C2=O)ccc1OC#N. The summed E-state index contributed by atoms with van der Waals surface area (Å²) in [7, 11) is 0. The molecule has 0 aromatic heterocycles. The lowest BCUT2D eigenvalue weighted by atomic mass is 10.1. The summed E-state index contributed by atoms with van der Waals surface area (Å²) >= 11 is 0. The first kappa shape index (κ1) is 12.9. The van der Waals surface area contributed by atoms with E-state index >= 15 is 0 Å². The van der Waals surface area contributed by atoms with Gasteiger partial charge in [0.25, 0.3) is 18.1 Å². The van der Waals surface area contributed by atoms with Gasteiger partial charge >= 0.3 is 0 Å². The Morgan fingerprint density at radius 2 is 1.67 bits per heavy atom. The average molecular weight is 278 g/mol. The normalized spacial score (nSPS) is 13.0. The van der Waals surface area contributed by atoms with Gasteiger partial charge in [0, 0.05) is 0 Å². The topological polar surface area (TPSA) is 70.4 Å². The number of hydrogen-bond donors (Lipinski definition) is 0. The summed E-state index contributed by atoms with van der Waals surface area (Å²) < 4.78 is 4.79. The van der Waals surface area contributed by atoms with Crippen LogP contribution in [0.1, 0.15) is 26.3 Å². The van der Waals surface area contributed by atoms with Crippen LogP contribution in [0.2, 0.25) is 0 Å². The third-order valence-electron chi connectivity index (χ3n) is 3.37. The van der Waals surface area contributed by atoms with Gasteiger partial charge in [-0.2, -0.15) is 0 Å². The molecule has 0 bridgehead atoms. The van der Waals surface area contributed by atoms with Crippen LogP contribution in [0.15, 0.2) is 42.5 Å². The lowest BCUT2D eigenvalue weighted by molar-refractivity contribution is 0.0926. The number of hydrogen-bond acceptors (Lipinski definition) is 4. The largest absolute Gasteiger partial charge is 0.388 e. The predicted molar refractivity (Wildman–Crippen MR) is 75.0 cm³/mol. The molecule has 2 aromatic rings. The molecule has 0 atom stereocenters. The zero-order valence-electron chi connectivity index (χ0n) is 11.2. The molecule has 5 nitrogen and oxygen atoms in total. The minimum Gasteiger partial charge on any atom is -0.388 e. The minimum absolute atomic E-state index is 0.344. The Morgan fingerprint density at radius 3 is 2.19 bits per heavy atom. The quantitative estimate of drug-likeness (QED) is 0.625. The fourth-order valence-electron chi connectivity index (χ4n) is 2.36. The Balaban J connectivity index is 2.04. The number of carbonyl (C=O) groups excluding carboxylic acids is 2. The van der Waals surface area contributed by atoms with Crippen LogP contribution in [0, 0.1) is 18.4 Å². The molecule has 1 aliphatic heterocycles. The summed E-state index contributed by atoms with van der Waals surface area (Å²) in [6.45, 7) is 1.74.